The molecule has 2 rings (SSSR count). The summed E-state index contributed by atoms with van der Waals surface area (Å²) in [5.74, 6) is -1.10. The third-order valence-electron chi connectivity index (χ3n) is 1.87. The van der Waals surface area contributed by atoms with Crippen molar-refractivity contribution in [2.45, 2.75) is 0 Å². The minimum atomic E-state index is -1.10. The molecule has 2 aromatic rings. The maximum Gasteiger partial charge on any atom is 0.358 e. The quantitative estimate of drug-likeness (QED) is 0.907. The Labute approximate surface area is 107 Å². The van der Waals surface area contributed by atoms with E-state index >= 15 is 0 Å². The molecular formula is C9H5Br2N3O2. The number of hydrogen-bond donors (Lipinski definition) is 1. The lowest BCUT2D eigenvalue weighted by Gasteiger charge is -2.03. The zero-order chi connectivity index (χ0) is 11.7. The van der Waals surface area contributed by atoms with Crippen molar-refractivity contribution in [3.63, 3.8) is 0 Å². The van der Waals surface area contributed by atoms with Gasteiger partial charge in [0.2, 0.25) is 0 Å². The van der Waals surface area contributed by atoms with Crippen molar-refractivity contribution in [1.82, 2.24) is 15.0 Å². The molecule has 0 spiro atoms. The van der Waals surface area contributed by atoms with Gasteiger partial charge in [0.25, 0.3) is 0 Å². The first kappa shape index (κ1) is 11.3. The van der Waals surface area contributed by atoms with Gasteiger partial charge in [-0.25, -0.2) is 9.48 Å². The summed E-state index contributed by atoms with van der Waals surface area (Å²) in [6, 6.07) is 5.51. The van der Waals surface area contributed by atoms with Gasteiger partial charge in [-0.15, -0.1) is 5.10 Å². The van der Waals surface area contributed by atoms with E-state index in [9.17, 15) is 4.79 Å². The van der Waals surface area contributed by atoms with E-state index in [1.54, 1.807) is 0 Å². The molecule has 0 bridgehead atoms. The Hall–Kier alpha value is -1.21. The summed E-state index contributed by atoms with van der Waals surface area (Å²) in [6.45, 7) is 0. The second-order valence-electron chi connectivity index (χ2n) is 2.95. The van der Waals surface area contributed by atoms with E-state index in [0.717, 1.165) is 14.6 Å². The average Bonchev–Trinajstić information content (AvgIpc) is 2.70. The smallest absolute Gasteiger partial charge is 0.358 e. The van der Waals surface area contributed by atoms with Crippen LogP contribution in [0.3, 0.4) is 0 Å². The summed E-state index contributed by atoms with van der Waals surface area (Å²) < 4.78 is 3.08. The third-order valence-corrected chi connectivity index (χ3v) is 3.03. The van der Waals surface area contributed by atoms with Crippen LogP contribution in [0.5, 0.6) is 0 Å². The van der Waals surface area contributed by atoms with Crippen LogP contribution in [-0.2, 0) is 0 Å². The maximum absolute atomic E-state index is 10.7. The number of nitrogens with zero attached hydrogens (tertiary/aromatic N) is 3. The van der Waals surface area contributed by atoms with Crippen molar-refractivity contribution in [3.05, 3.63) is 39.0 Å². The Balaban J connectivity index is 2.50. The van der Waals surface area contributed by atoms with Crippen LogP contribution in [0, 0.1) is 0 Å². The Morgan fingerprint density at radius 2 is 2.12 bits per heavy atom. The highest BCUT2D eigenvalue weighted by atomic mass is 79.9. The van der Waals surface area contributed by atoms with E-state index in [-0.39, 0.29) is 5.69 Å². The van der Waals surface area contributed by atoms with Crippen LogP contribution in [0.2, 0.25) is 0 Å². The zero-order valence-electron chi connectivity index (χ0n) is 7.76. The largest absolute Gasteiger partial charge is 0.476 e. The average molecular weight is 347 g/mol. The van der Waals surface area contributed by atoms with E-state index in [0.29, 0.717) is 0 Å². The Morgan fingerprint density at radius 1 is 1.38 bits per heavy atom. The molecule has 82 valence electrons. The fraction of sp³-hybridized carbons (Fsp3) is 0. The molecule has 5 nitrogen and oxygen atoms in total. The Bertz CT molecular complexity index is 553. The highest BCUT2D eigenvalue weighted by molar-refractivity contribution is 9.11. The van der Waals surface area contributed by atoms with E-state index < -0.39 is 5.97 Å². The molecule has 0 aliphatic rings. The van der Waals surface area contributed by atoms with Crippen LogP contribution in [0.15, 0.2) is 33.3 Å². The van der Waals surface area contributed by atoms with Gasteiger partial charge in [-0.05, 0) is 34.1 Å². The van der Waals surface area contributed by atoms with Crippen LogP contribution in [0.1, 0.15) is 10.5 Å². The van der Waals surface area contributed by atoms with Crippen LogP contribution < -0.4 is 0 Å². The summed E-state index contributed by atoms with van der Waals surface area (Å²) in [4.78, 5) is 10.7. The molecular weight excluding hydrogens is 342 g/mol. The summed E-state index contributed by atoms with van der Waals surface area (Å²) >= 11 is 6.69. The maximum atomic E-state index is 10.7. The van der Waals surface area contributed by atoms with E-state index in [1.165, 1.54) is 10.9 Å². The molecule has 0 saturated heterocycles. The van der Waals surface area contributed by atoms with Gasteiger partial charge in [-0.1, -0.05) is 21.1 Å². The first-order valence-corrected chi connectivity index (χ1v) is 5.77. The van der Waals surface area contributed by atoms with Crippen LogP contribution in [-0.4, -0.2) is 26.1 Å². The summed E-state index contributed by atoms with van der Waals surface area (Å²) in [6.07, 6.45) is 1.36. The van der Waals surface area contributed by atoms with Gasteiger partial charge in [0.05, 0.1) is 11.9 Å². The molecule has 0 aliphatic carbocycles. The second kappa shape index (κ2) is 4.34. The highest BCUT2D eigenvalue weighted by Crippen LogP contribution is 2.24. The molecule has 7 heteroatoms. The van der Waals surface area contributed by atoms with E-state index in [2.05, 4.69) is 42.2 Å². The van der Waals surface area contributed by atoms with Gasteiger partial charge in [0, 0.05) is 8.95 Å². The van der Waals surface area contributed by atoms with Crippen molar-refractivity contribution in [3.8, 4) is 5.69 Å². The van der Waals surface area contributed by atoms with Crippen LogP contribution in [0.25, 0.3) is 5.69 Å². The molecule has 0 fully saturated rings. The molecule has 0 atom stereocenters. The lowest BCUT2D eigenvalue weighted by atomic mass is 10.3. The lowest BCUT2D eigenvalue weighted by Crippen LogP contribution is -1.96. The van der Waals surface area contributed by atoms with Gasteiger partial charge in [0.15, 0.2) is 5.69 Å². The van der Waals surface area contributed by atoms with Gasteiger partial charge >= 0.3 is 5.97 Å². The predicted molar refractivity (Wildman–Crippen MR) is 63.7 cm³/mol. The van der Waals surface area contributed by atoms with Gasteiger partial charge in [-0.3, -0.25) is 0 Å². The minimum absolute atomic E-state index is 0.0909. The van der Waals surface area contributed by atoms with Gasteiger partial charge < -0.3 is 5.11 Å². The fourth-order valence-electron chi connectivity index (χ4n) is 1.14. The molecule has 0 unspecified atom stereocenters. The Kier molecular flexibility index (Phi) is 3.06. The number of halogens is 2. The number of rotatable bonds is 2. The Morgan fingerprint density at radius 3 is 2.75 bits per heavy atom. The SMILES string of the molecule is O=C(O)c1cn(-c2cc(Br)ccc2Br)nn1. The molecule has 0 radical (unpaired) electrons. The fourth-order valence-corrected chi connectivity index (χ4v) is 1.92. The number of aromatic carboxylic acids is 1. The first-order chi connectivity index (χ1) is 7.58. The van der Waals surface area contributed by atoms with Crippen molar-refractivity contribution in [2.75, 3.05) is 0 Å². The molecule has 1 aromatic carbocycles. The number of aromatic nitrogens is 3. The van der Waals surface area contributed by atoms with Gasteiger partial charge in [0.1, 0.15) is 0 Å². The topological polar surface area (TPSA) is 68.0 Å². The minimum Gasteiger partial charge on any atom is -0.476 e. The molecule has 16 heavy (non-hydrogen) atoms. The normalized spacial score (nSPS) is 10.4. The molecule has 1 aromatic heterocycles. The first-order valence-electron chi connectivity index (χ1n) is 4.19. The summed E-state index contributed by atoms with van der Waals surface area (Å²) in [5.41, 5.74) is 0.626. The number of carbonyl (C=O) groups is 1. The monoisotopic (exact) mass is 345 g/mol. The van der Waals surface area contributed by atoms with Crippen molar-refractivity contribution in [2.24, 2.45) is 0 Å². The van der Waals surface area contributed by atoms with E-state index in [4.69, 9.17) is 5.11 Å². The zero-order valence-corrected chi connectivity index (χ0v) is 10.9. The molecule has 0 aliphatic heterocycles. The summed E-state index contributed by atoms with van der Waals surface area (Å²) in [5, 5.41) is 16.0. The van der Waals surface area contributed by atoms with Crippen molar-refractivity contribution in [1.29, 1.82) is 0 Å². The number of hydrogen-bond acceptors (Lipinski definition) is 3. The molecule has 0 amide bonds. The van der Waals surface area contributed by atoms with Crippen LogP contribution in [0.4, 0.5) is 0 Å². The molecule has 1 heterocycles. The van der Waals surface area contributed by atoms with E-state index in [1.807, 2.05) is 18.2 Å². The van der Waals surface area contributed by atoms with Crippen molar-refractivity contribution < 1.29 is 9.90 Å². The van der Waals surface area contributed by atoms with Crippen LogP contribution >= 0.6 is 31.9 Å². The molecule has 1 N–H and O–H groups in total. The molecule has 0 saturated carbocycles. The predicted octanol–water partition coefficient (Wildman–Crippen LogP) is 2.49. The summed E-state index contributed by atoms with van der Waals surface area (Å²) in [7, 11) is 0. The standard InChI is InChI=1S/C9H5Br2N3O2/c10-5-1-2-6(11)8(3-5)14-4-7(9(15)16)12-13-14/h1-4H,(H,15,16). The second-order valence-corrected chi connectivity index (χ2v) is 4.72. The highest BCUT2D eigenvalue weighted by Gasteiger charge is 2.11. The number of benzene rings is 1. The third kappa shape index (κ3) is 2.14. The van der Waals surface area contributed by atoms with Gasteiger partial charge in [-0.2, -0.15) is 0 Å². The van der Waals surface area contributed by atoms with Crippen molar-refractivity contribution >= 4 is 37.8 Å². The lowest BCUT2D eigenvalue weighted by molar-refractivity contribution is 0.0690. The number of carboxylic acid groups (broad SMARTS) is 1. The number of carboxylic acids is 1.